The second kappa shape index (κ2) is 3.81. The van der Waals surface area contributed by atoms with Gasteiger partial charge in [0.25, 0.3) is 0 Å². The van der Waals surface area contributed by atoms with E-state index in [4.69, 9.17) is 17.0 Å². The minimum Gasteiger partial charge on any atom is -0.497 e. The van der Waals surface area contributed by atoms with E-state index in [2.05, 4.69) is 31.0 Å². The van der Waals surface area contributed by atoms with Gasteiger partial charge in [-0.25, -0.2) is 0 Å². The van der Waals surface area contributed by atoms with E-state index in [1.54, 1.807) is 7.11 Å². The Balaban J connectivity index is 2.20. The van der Waals surface area contributed by atoms with Crippen molar-refractivity contribution in [3.05, 3.63) is 29.8 Å². The summed E-state index contributed by atoms with van der Waals surface area (Å²) in [6.07, 6.45) is 0. The molecule has 2 rings (SSSR count). The molecule has 2 atom stereocenters. The highest BCUT2D eigenvalue weighted by molar-refractivity contribution is 7.80. The molecule has 1 aliphatic heterocycles. The number of benzene rings is 1. The van der Waals surface area contributed by atoms with Crippen molar-refractivity contribution in [2.75, 3.05) is 14.2 Å². The average Bonchev–Trinajstić information content (AvgIpc) is 2.30. The average molecular weight is 221 g/mol. The Hall–Kier alpha value is -1.09. The summed E-state index contributed by atoms with van der Waals surface area (Å²) in [5.74, 6) is 1.37. The quantitative estimate of drug-likeness (QED) is 0.712. The molecule has 0 aromatic heterocycles. The first kappa shape index (κ1) is 10.4. The van der Waals surface area contributed by atoms with Gasteiger partial charge in [-0.1, -0.05) is 31.3 Å². The summed E-state index contributed by atoms with van der Waals surface area (Å²) in [5, 5.41) is 0. The van der Waals surface area contributed by atoms with Gasteiger partial charge in [0.15, 0.2) is 0 Å². The number of hydrogen-bond donors (Lipinski definition) is 0. The topological polar surface area (TPSA) is 12.5 Å². The zero-order valence-electron chi connectivity index (χ0n) is 9.23. The zero-order chi connectivity index (χ0) is 11.0. The lowest BCUT2D eigenvalue weighted by Gasteiger charge is -2.46. The number of hydrogen-bond acceptors (Lipinski definition) is 2. The van der Waals surface area contributed by atoms with Crippen molar-refractivity contribution in [3.63, 3.8) is 0 Å². The summed E-state index contributed by atoms with van der Waals surface area (Å²) in [6.45, 7) is 2.18. The van der Waals surface area contributed by atoms with Gasteiger partial charge in [-0.2, -0.15) is 0 Å². The summed E-state index contributed by atoms with van der Waals surface area (Å²) in [7, 11) is 3.74. The van der Waals surface area contributed by atoms with Gasteiger partial charge in [-0.05, 0) is 17.7 Å². The third-order valence-corrected chi connectivity index (χ3v) is 3.75. The predicted molar refractivity (Wildman–Crippen MR) is 65.3 cm³/mol. The molecular weight excluding hydrogens is 206 g/mol. The second-order valence-electron chi connectivity index (χ2n) is 3.96. The van der Waals surface area contributed by atoms with Crippen LogP contribution in [-0.2, 0) is 0 Å². The van der Waals surface area contributed by atoms with Crippen LogP contribution in [0.5, 0.6) is 5.75 Å². The van der Waals surface area contributed by atoms with Crippen molar-refractivity contribution in [3.8, 4) is 5.75 Å². The van der Waals surface area contributed by atoms with Crippen molar-refractivity contribution in [2.24, 2.45) is 5.92 Å². The standard InChI is InChI=1S/C12H15NOS/c1-8-11(13(2)12(8)15)9-4-6-10(14-3)7-5-9/h4-8,11H,1-3H3/t8-,11-/m0/s1. The maximum absolute atomic E-state index is 5.26. The van der Waals surface area contributed by atoms with Crippen LogP contribution in [0.4, 0.5) is 0 Å². The number of ether oxygens (including phenoxy) is 1. The molecule has 1 saturated heterocycles. The van der Waals surface area contributed by atoms with Gasteiger partial charge in [-0.15, -0.1) is 0 Å². The van der Waals surface area contributed by atoms with E-state index >= 15 is 0 Å². The Morgan fingerprint density at radius 2 is 1.87 bits per heavy atom. The minimum absolute atomic E-state index is 0.434. The Morgan fingerprint density at radius 1 is 1.27 bits per heavy atom. The van der Waals surface area contributed by atoms with Gasteiger partial charge in [-0.3, -0.25) is 0 Å². The fourth-order valence-electron chi connectivity index (χ4n) is 2.16. The largest absolute Gasteiger partial charge is 0.497 e. The van der Waals surface area contributed by atoms with Crippen molar-refractivity contribution < 1.29 is 4.74 Å². The Bertz CT molecular complexity index is 362. The number of nitrogens with zero attached hydrogens (tertiary/aromatic N) is 1. The maximum Gasteiger partial charge on any atom is 0.118 e. The molecule has 3 heteroatoms. The number of thiocarbonyl (C=S) groups is 1. The molecule has 0 unspecified atom stereocenters. The summed E-state index contributed by atoms with van der Waals surface area (Å²) in [5.41, 5.74) is 1.31. The highest BCUT2D eigenvalue weighted by atomic mass is 32.1. The van der Waals surface area contributed by atoms with Gasteiger partial charge in [0, 0.05) is 13.0 Å². The lowest BCUT2D eigenvalue weighted by Crippen LogP contribution is -2.49. The van der Waals surface area contributed by atoms with Crippen molar-refractivity contribution in [2.45, 2.75) is 13.0 Å². The fourth-order valence-corrected chi connectivity index (χ4v) is 2.40. The molecule has 1 aromatic carbocycles. The molecule has 15 heavy (non-hydrogen) atoms. The van der Waals surface area contributed by atoms with Crippen molar-refractivity contribution in [1.82, 2.24) is 4.90 Å². The number of likely N-dealkylation sites (tertiary alicyclic amines) is 1. The number of rotatable bonds is 2. The smallest absolute Gasteiger partial charge is 0.118 e. The summed E-state index contributed by atoms with van der Waals surface area (Å²) in [4.78, 5) is 3.21. The molecule has 0 amide bonds. The molecule has 0 radical (unpaired) electrons. The minimum atomic E-state index is 0.434. The molecule has 0 saturated carbocycles. The van der Waals surface area contributed by atoms with Gasteiger partial charge >= 0.3 is 0 Å². The number of methoxy groups -OCH3 is 1. The molecule has 0 bridgehead atoms. The van der Waals surface area contributed by atoms with E-state index in [1.165, 1.54) is 5.56 Å². The summed E-state index contributed by atoms with van der Waals surface area (Å²) < 4.78 is 5.14. The van der Waals surface area contributed by atoms with Gasteiger partial charge in [0.05, 0.1) is 18.1 Å². The first-order chi connectivity index (χ1) is 7.15. The van der Waals surface area contributed by atoms with Gasteiger partial charge in [0.2, 0.25) is 0 Å². The van der Waals surface area contributed by atoms with Crippen molar-refractivity contribution in [1.29, 1.82) is 0 Å². The lowest BCUT2D eigenvalue weighted by molar-refractivity contribution is 0.237. The zero-order valence-corrected chi connectivity index (χ0v) is 10.0. The third kappa shape index (κ3) is 1.61. The summed E-state index contributed by atoms with van der Waals surface area (Å²) >= 11 is 5.26. The highest BCUT2D eigenvalue weighted by Crippen LogP contribution is 2.39. The predicted octanol–water partition coefficient (Wildman–Crippen LogP) is 2.65. The van der Waals surface area contributed by atoms with E-state index in [0.717, 1.165) is 10.7 Å². The normalized spacial score (nSPS) is 25.0. The SMILES string of the molecule is COc1ccc([C@@H]2[C@H](C)C(=S)N2C)cc1. The van der Waals surface area contributed by atoms with Crippen LogP contribution in [0.2, 0.25) is 0 Å². The Labute approximate surface area is 95.8 Å². The second-order valence-corrected chi connectivity index (χ2v) is 4.37. The van der Waals surface area contributed by atoms with Gasteiger partial charge in [0.1, 0.15) is 5.75 Å². The molecule has 1 aliphatic rings. The lowest BCUT2D eigenvalue weighted by atomic mass is 9.85. The highest BCUT2D eigenvalue weighted by Gasteiger charge is 2.38. The molecule has 1 heterocycles. The molecule has 0 spiro atoms. The first-order valence-electron chi connectivity index (χ1n) is 5.05. The van der Waals surface area contributed by atoms with E-state index in [0.29, 0.717) is 12.0 Å². The van der Waals surface area contributed by atoms with Crippen LogP contribution in [0.15, 0.2) is 24.3 Å². The Kier molecular flexibility index (Phi) is 2.65. The van der Waals surface area contributed by atoms with Crippen LogP contribution in [-0.4, -0.2) is 24.0 Å². The molecule has 80 valence electrons. The van der Waals surface area contributed by atoms with E-state index < -0.39 is 0 Å². The van der Waals surface area contributed by atoms with Crippen molar-refractivity contribution >= 4 is 17.2 Å². The van der Waals surface area contributed by atoms with Crippen LogP contribution >= 0.6 is 12.2 Å². The molecule has 0 aliphatic carbocycles. The van der Waals surface area contributed by atoms with E-state index in [1.807, 2.05) is 12.1 Å². The van der Waals surface area contributed by atoms with Crippen LogP contribution in [0.25, 0.3) is 0 Å². The van der Waals surface area contributed by atoms with Crippen LogP contribution in [0.3, 0.4) is 0 Å². The third-order valence-electron chi connectivity index (χ3n) is 3.09. The Morgan fingerprint density at radius 3 is 2.33 bits per heavy atom. The molecule has 1 fully saturated rings. The molecule has 2 nitrogen and oxygen atoms in total. The summed E-state index contributed by atoms with van der Waals surface area (Å²) in [6, 6.07) is 8.65. The molecule has 0 N–H and O–H groups in total. The van der Waals surface area contributed by atoms with E-state index in [-0.39, 0.29) is 0 Å². The molecular formula is C12H15NOS. The van der Waals surface area contributed by atoms with Crippen LogP contribution in [0, 0.1) is 5.92 Å². The fraction of sp³-hybridized carbons (Fsp3) is 0.417. The maximum atomic E-state index is 5.26. The van der Waals surface area contributed by atoms with E-state index in [9.17, 15) is 0 Å². The monoisotopic (exact) mass is 221 g/mol. The first-order valence-corrected chi connectivity index (χ1v) is 5.46. The van der Waals surface area contributed by atoms with Crippen LogP contribution < -0.4 is 4.74 Å². The molecule has 1 aromatic rings. The van der Waals surface area contributed by atoms with Crippen LogP contribution in [0.1, 0.15) is 18.5 Å². The van der Waals surface area contributed by atoms with Gasteiger partial charge < -0.3 is 9.64 Å².